The standard InChI is InChI=1S/C23H31NO4/c1-5-26-21-13-11-19(15-22(21)27-6-2)12-14-23(25)24-18(4)16-28-20-10-8-7-9-17(20)3/h7-11,13,15,18H,5-6,12,14,16H2,1-4H3,(H,24,25)/t18-/m1/s1. The Morgan fingerprint density at radius 3 is 2.39 bits per heavy atom. The Kier molecular flexibility index (Phi) is 8.66. The lowest BCUT2D eigenvalue weighted by Crippen LogP contribution is -2.36. The van der Waals surface area contributed by atoms with Gasteiger partial charge in [-0.05, 0) is 63.4 Å². The number of ether oxygens (including phenoxy) is 3. The molecule has 0 fully saturated rings. The Morgan fingerprint density at radius 2 is 1.68 bits per heavy atom. The van der Waals surface area contributed by atoms with Crippen LogP contribution in [0, 0.1) is 6.92 Å². The van der Waals surface area contributed by atoms with Crippen LogP contribution in [0.2, 0.25) is 0 Å². The molecule has 0 bridgehead atoms. The van der Waals surface area contributed by atoms with Crippen LogP contribution in [-0.2, 0) is 11.2 Å². The third kappa shape index (κ3) is 6.80. The fourth-order valence-electron chi connectivity index (χ4n) is 2.83. The second-order valence-electron chi connectivity index (χ2n) is 6.69. The molecule has 0 unspecified atom stereocenters. The van der Waals surface area contributed by atoms with Gasteiger partial charge in [0.15, 0.2) is 11.5 Å². The van der Waals surface area contributed by atoms with Crippen molar-refractivity contribution in [2.45, 2.75) is 46.6 Å². The first-order valence-electron chi connectivity index (χ1n) is 9.89. The fourth-order valence-corrected chi connectivity index (χ4v) is 2.83. The first-order valence-corrected chi connectivity index (χ1v) is 9.89. The van der Waals surface area contributed by atoms with Crippen LogP contribution in [0.3, 0.4) is 0 Å². The molecule has 0 heterocycles. The normalized spacial score (nSPS) is 11.6. The average molecular weight is 386 g/mol. The molecule has 1 atom stereocenters. The zero-order chi connectivity index (χ0) is 20.4. The van der Waals surface area contributed by atoms with Crippen molar-refractivity contribution in [3.05, 3.63) is 53.6 Å². The van der Waals surface area contributed by atoms with Crippen molar-refractivity contribution in [1.29, 1.82) is 0 Å². The Balaban J connectivity index is 1.81. The van der Waals surface area contributed by atoms with Gasteiger partial charge in [0.25, 0.3) is 0 Å². The maximum absolute atomic E-state index is 12.3. The first-order chi connectivity index (χ1) is 13.5. The maximum atomic E-state index is 12.3. The topological polar surface area (TPSA) is 56.8 Å². The van der Waals surface area contributed by atoms with Crippen molar-refractivity contribution >= 4 is 5.91 Å². The van der Waals surface area contributed by atoms with Gasteiger partial charge >= 0.3 is 0 Å². The van der Waals surface area contributed by atoms with E-state index in [2.05, 4.69) is 5.32 Å². The molecule has 5 nitrogen and oxygen atoms in total. The first kappa shape index (κ1) is 21.6. The number of benzene rings is 2. The largest absolute Gasteiger partial charge is 0.491 e. The molecule has 5 heteroatoms. The van der Waals surface area contributed by atoms with E-state index in [1.54, 1.807) is 0 Å². The molecular weight excluding hydrogens is 354 g/mol. The van der Waals surface area contributed by atoms with Crippen LogP contribution in [0.4, 0.5) is 0 Å². The minimum absolute atomic E-state index is 0.00716. The summed E-state index contributed by atoms with van der Waals surface area (Å²) in [6.45, 7) is 9.43. The van der Waals surface area contributed by atoms with Gasteiger partial charge in [-0.2, -0.15) is 0 Å². The minimum atomic E-state index is -0.0635. The zero-order valence-electron chi connectivity index (χ0n) is 17.3. The second-order valence-corrected chi connectivity index (χ2v) is 6.69. The van der Waals surface area contributed by atoms with Crippen molar-refractivity contribution in [1.82, 2.24) is 5.32 Å². The molecule has 0 aliphatic heterocycles. The Hall–Kier alpha value is -2.69. The van der Waals surface area contributed by atoms with Gasteiger partial charge in [0.2, 0.25) is 5.91 Å². The summed E-state index contributed by atoms with van der Waals surface area (Å²) in [4.78, 5) is 12.3. The molecule has 0 aliphatic rings. The van der Waals surface area contributed by atoms with Crippen molar-refractivity contribution in [2.75, 3.05) is 19.8 Å². The van der Waals surface area contributed by atoms with Gasteiger partial charge in [0.1, 0.15) is 12.4 Å². The molecule has 2 aromatic rings. The van der Waals surface area contributed by atoms with E-state index in [0.29, 0.717) is 32.7 Å². The lowest BCUT2D eigenvalue weighted by Gasteiger charge is -2.16. The Bertz CT molecular complexity index is 760. The third-order valence-electron chi connectivity index (χ3n) is 4.24. The highest BCUT2D eigenvalue weighted by molar-refractivity contribution is 5.76. The number of hydrogen-bond donors (Lipinski definition) is 1. The van der Waals surface area contributed by atoms with Gasteiger partial charge in [0.05, 0.1) is 19.3 Å². The Morgan fingerprint density at radius 1 is 0.964 bits per heavy atom. The maximum Gasteiger partial charge on any atom is 0.220 e. The van der Waals surface area contributed by atoms with E-state index in [0.717, 1.165) is 28.4 Å². The molecular formula is C23H31NO4. The van der Waals surface area contributed by atoms with Crippen molar-refractivity contribution < 1.29 is 19.0 Å². The summed E-state index contributed by atoms with van der Waals surface area (Å²) >= 11 is 0. The van der Waals surface area contributed by atoms with Gasteiger partial charge in [-0.15, -0.1) is 0 Å². The highest BCUT2D eigenvalue weighted by Crippen LogP contribution is 2.29. The van der Waals surface area contributed by atoms with Crippen molar-refractivity contribution in [3.63, 3.8) is 0 Å². The summed E-state index contributed by atoms with van der Waals surface area (Å²) in [5.74, 6) is 2.32. The molecule has 28 heavy (non-hydrogen) atoms. The molecule has 0 radical (unpaired) electrons. The highest BCUT2D eigenvalue weighted by atomic mass is 16.5. The smallest absolute Gasteiger partial charge is 0.220 e. The number of para-hydroxylation sites is 1. The van der Waals surface area contributed by atoms with Crippen LogP contribution in [0.1, 0.15) is 38.3 Å². The zero-order valence-corrected chi connectivity index (χ0v) is 17.3. The van der Waals surface area contributed by atoms with Gasteiger partial charge in [-0.3, -0.25) is 4.79 Å². The minimum Gasteiger partial charge on any atom is -0.491 e. The predicted molar refractivity (Wildman–Crippen MR) is 111 cm³/mol. The third-order valence-corrected chi connectivity index (χ3v) is 4.24. The number of carbonyl (C=O) groups excluding carboxylic acids is 1. The summed E-state index contributed by atoms with van der Waals surface area (Å²) in [5, 5.41) is 2.99. The highest BCUT2D eigenvalue weighted by Gasteiger charge is 2.11. The number of carbonyl (C=O) groups is 1. The molecule has 1 N–H and O–H groups in total. The molecule has 0 saturated carbocycles. The summed E-state index contributed by atoms with van der Waals surface area (Å²) in [5.41, 5.74) is 2.13. The Labute approximate surface area is 168 Å². The summed E-state index contributed by atoms with van der Waals surface area (Å²) in [6, 6.07) is 13.6. The van der Waals surface area contributed by atoms with Crippen molar-refractivity contribution in [2.24, 2.45) is 0 Å². The van der Waals surface area contributed by atoms with Gasteiger partial charge < -0.3 is 19.5 Å². The van der Waals surface area contributed by atoms with E-state index in [-0.39, 0.29) is 11.9 Å². The molecule has 0 saturated heterocycles. The SMILES string of the molecule is CCOc1ccc(CCC(=O)N[C@H](C)COc2ccccc2C)cc1OCC. The fraction of sp³-hybridized carbons (Fsp3) is 0.435. The molecule has 0 aromatic heterocycles. The quantitative estimate of drug-likeness (QED) is 0.626. The van der Waals surface area contributed by atoms with Crippen molar-refractivity contribution in [3.8, 4) is 17.2 Å². The lowest BCUT2D eigenvalue weighted by atomic mass is 10.1. The number of hydrogen-bond acceptors (Lipinski definition) is 4. The molecule has 152 valence electrons. The van der Waals surface area contributed by atoms with Crippen LogP contribution in [-0.4, -0.2) is 31.8 Å². The van der Waals surface area contributed by atoms with Crippen LogP contribution >= 0.6 is 0 Å². The predicted octanol–water partition coefficient (Wildman–Crippen LogP) is 4.31. The van der Waals surface area contributed by atoms with Gasteiger partial charge in [-0.25, -0.2) is 0 Å². The number of aryl methyl sites for hydroxylation is 2. The van der Waals surface area contributed by atoms with E-state index in [4.69, 9.17) is 14.2 Å². The molecule has 1 amide bonds. The molecule has 0 spiro atoms. The summed E-state index contributed by atoms with van der Waals surface area (Å²) in [7, 11) is 0. The monoisotopic (exact) mass is 385 g/mol. The molecule has 2 rings (SSSR count). The lowest BCUT2D eigenvalue weighted by molar-refractivity contribution is -0.121. The van der Waals surface area contributed by atoms with Crippen LogP contribution in [0.25, 0.3) is 0 Å². The van der Waals surface area contributed by atoms with E-state index in [1.807, 2.05) is 70.2 Å². The van der Waals surface area contributed by atoms with E-state index in [1.165, 1.54) is 0 Å². The summed E-state index contributed by atoms with van der Waals surface area (Å²) < 4.78 is 17.0. The second kappa shape index (κ2) is 11.2. The number of nitrogens with one attached hydrogen (secondary N) is 1. The molecule has 0 aliphatic carbocycles. The van der Waals surface area contributed by atoms with E-state index in [9.17, 15) is 4.79 Å². The number of amides is 1. The van der Waals surface area contributed by atoms with Crippen LogP contribution in [0.15, 0.2) is 42.5 Å². The number of rotatable bonds is 11. The van der Waals surface area contributed by atoms with Crippen LogP contribution in [0.5, 0.6) is 17.2 Å². The van der Waals surface area contributed by atoms with E-state index >= 15 is 0 Å². The summed E-state index contributed by atoms with van der Waals surface area (Å²) in [6.07, 6.45) is 1.05. The van der Waals surface area contributed by atoms with Gasteiger partial charge in [0, 0.05) is 6.42 Å². The average Bonchev–Trinajstić information content (AvgIpc) is 2.68. The van der Waals surface area contributed by atoms with Gasteiger partial charge in [-0.1, -0.05) is 24.3 Å². The van der Waals surface area contributed by atoms with E-state index < -0.39 is 0 Å². The molecule has 2 aromatic carbocycles. The van der Waals surface area contributed by atoms with Crippen LogP contribution < -0.4 is 19.5 Å².